The summed E-state index contributed by atoms with van der Waals surface area (Å²) in [6, 6.07) is 3.84. The molecule has 0 saturated carbocycles. The highest BCUT2D eigenvalue weighted by Crippen LogP contribution is 2.25. The lowest BCUT2D eigenvalue weighted by Gasteiger charge is -2.25. The summed E-state index contributed by atoms with van der Waals surface area (Å²) in [7, 11) is 0. The van der Waals surface area contributed by atoms with Crippen LogP contribution in [-0.2, 0) is 4.79 Å². The fraction of sp³-hybridized carbons (Fsp3) is 0.500. The smallest absolute Gasteiger partial charge is 0.305 e. The Bertz CT molecular complexity index is 528. The molecule has 20 heavy (non-hydrogen) atoms. The van der Waals surface area contributed by atoms with Gasteiger partial charge in [-0.25, -0.2) is 0 Å². The van der Waals surface area contributed by atoms with Crippen molar-refractivity contribution in [3.05, 3.63) is 34.4 Å². The van der Waals surface area contributed by atoms with Crippen molar-refractivity contribution < 1.29 is 14.7 Å². The number of aliphatic carboxylic acids is 1. The van der Waals surface area contributed by atoms with Gasteiger partial charge >= 0.3 is 5.97 Å². The van der Waals surface area contributed by atoms with Gasteiger partial charge in [-0.3, -0.25) is 9.59 Å². The van der Waals surface area contributed by atoms with Gasteiger partial charge in [-0.15, -0.1) is 0 Å². The number of amides is 1. The highest BCUT2D eigenvalue weighted by molar-refractivity contribution is 5.97. The van der Waals surface area contributed by atoms with Crippen molar-refractivity contribution in [1.29, 1.82) is 0 Å². The molecule has 0 radical (unpaired) electrons. The lowest BCUT2D eigenvalue weighted by Crippen LogP contribution is -2.37. The van der Waals surface area contributed by atoms with Crippen molar-refractivity contribution in [3.8, 4) is 0 Å². The molecule has 108 valence electrons. The Kier molecular flexibility index (Phi) is 4.12. The van der Waals surface area contributed by atoms with Crippen LogP contribution < -0.4 is 0 Å². The van der Waals surface area contributed by atoms with Crippen molar-refractivity contribution in [2.75, 3.05) is 6.54 Å². The standard InChI is InChI=1S/C16H21NO3/c1-10-7-11(2)15(12(3)8-10)16(20)17-6-4-5-13(17)9-14(18)19/h7-8,13H,4-6,9H2,1-3H3,(H,18,19). The first-order valence-electron chi connectivity index (χ1n) is 7.00. The normalized spacial score (nSPS) is 18.4. The van der Waals surface area contributed by atoms with E-state index in [4.69, 9.17) is 5.11 Å². The van der Waals surface area contributed by atoms with Gasteiger partial charge in [0.05, 0.1) is 6.42 Å². The van der Waals surface area contributed by atoms with Crippen molar-refractivity contribution >= 4 is 11.9 Å². The van der Waals surface area contributed by atoms with E-state index in [1.54, 1.807) is 4.90 Å². The molecule has 1 aromatic carbocycles. The van der Waals surface area contributed by atoms with E-state index >= 15 is 0 Å². The van der Waals surface area contributed by atoms with Gasteiger partial charge in [0.2, 0.25) is 0 Å². The predicted octanol–water partition coefficient (Wildman–Crippen LogP) is 2.69. The lowest BCUT2D eigenvalue weighted by atomic mass is 9.98. The maximum atomic E-state index is 12.7. The van der Waals surface area contributed by atoms with Gasteiger partial charge in [0.1, 0.15) is 0 Å². The van der Waals surface area contributed by atoms with E-state index < -0.39 is 5.97 Å². The first-order chi connectivity index (χ1) is 9.40. The molecule has 1 atom stereocenters. The van der Waals surface area contributed by atoms with Crippen LogP contribution in [0.4, 0.5) is 0 Å². The lowest BCUT2D eigenvalue weighted by molar-refractivity contribution is -0.137. The number of carbonyl (C=O) groups is 2. The summed E-state index contributed by atoms with van der Waals surface area (Å²) < 4.78 is 0. The molecule has 0 aliphatic carbocycles. The number of hydrogen-bond acceptors (Lipinski definition) is 2. The van der Waals surface area contributed by atoms with Crippen LogP contribution in [0.3, 0.4) is 0 Å². The zero-order chi connectivity index (χ0) is 14.9. The highest BCUT2D eigenvalue weighted by atomic mass is 16.4. The molecule has 1 unspecified atom stereocenters. The Morgan fingerprint density at radius 2 is 1.85 bits per heavy atom. The van der Waals surface area contributed by atoms with E-state index in [0.29, 0.717) is 6.54 Å². The highest BCUT2D eigenvalue weighted by Gasteiger charge is 2.32. The van der Waals surface area contributed by atoms with Gasteiger partial charge in [0.25, 0.3) is 5.91 Å². The molecule has 2 rings (SSSR count). The van der Waals surface area contributed by atoms with Gasteiger partial charge in [-0.05, 0) is 44.7 Å². The van der Waals surface area contributed by atoms with Gasteiger partial charge < -0.3 is 10.0 Å². The molecule has 4 nitrogen and oxygen atoms in total. The third kappa shape index (κ3) is 2.84. The van der Waals surface area contributed by atoms with Crippen molar-refractivity contribution in [3.63, 3.8) is 0 Å². The van der Waals surface area contributed by atoms with Crippen molar-refractivity contribution in [2.45, 2.75) is 46.1 Å². The molecule has 1 aliphatic rings. The molecule has 1 aliphatic heterocycles. The van der Waals surface area contributed by atoms with E-state index in [-0.39, 0.29) is 18.4 Å². The van der Waals surface area contributed by atoms with E-state index in [1.807, 2.05) is 32.9 Å². The van der Waals surface area contributed by atoms with Crippen molar-refractivity contribution in [1.82, 2.24) is 4.90 Å². The van der Waals surface area contributed by atoms with Crippen LogP contribution in [0.25, 0.3) is 0 Å². The van der Waals surface area contributed by atoms with Crippen molar-refractivity contribution in [2.24, 2.45) is 0 Å². The molecular formula is C16H21NO3. The zero-order valence-electron chi connectivity index (χ0n) is 12.3. The summed E-state index contributed by atoms with van der Waals surface area (Å²) in [4.78, 5) is 25.4. The first kappa shape index (κ1) is 14.6. The molecule has 0 spiro atoms. The van der Waals surface area contributed by atoms with Gasteiger partial charge in [0, 0.05) is 18.2 Å². The molecule has 1 aromatic rings. The molecule has 1 N–H and O–H groups in total. The summed E-state index contributed by atoms with van der Waals surface area (Å²) in [6.07, 6.45) is 1.70. The van der Waals surface area contributed by atoms with Crippen LogP contribution in [-0.4, -0.2) is 34.5 Å². The Morgan fingerprint density at radius 3 is 2.40 bits per heavy atom. The minimum absolute atomic E-state index is 0.0243. The largest absolute Gasteiger partial charge is 0.481 e. The SMILES string of the molecule is Cc1cc(C)c(C(=O)N2CCCC2CC(=O)O)c(C)c1. The fourth-order valence-corrected chi connectivity index (χ4v) is 3.18. The molecular weight excluding hydrogens is 254 g/mol. The second-order valence-electron chi connectivity index (χ2n) is 5.67. The second-order valence-corrected chi connectivity index (χ2v) is 5.67. The maximum absolute atomic E-state index is 12.7. The summed E-state index contributed by atoms with van der Waals surface area (Å²) in [5.41, 5.74) is 3.80. The van der Waals surface area contributed by atoms with Gasteiger partial charge in [-0.1, -0.05) is 17.7 Å². The number of hydrogen-bond donors (Lipinski definition) is 1. The van der Waals surface area contributed by atoms with Gasteiger partial charge in [0.15, 0.2) is 0 Å². The number of nitrogens with zero attached hydrogens (tertiary/aromatic N) is 1. The quantitative estimate of drug-likeness (QED) is 0.922. The minimum Gasteiger partial charge on any atom is -0.481 e. The van der Waals surface area contributed by atoms with Gasteiger partial charge in [-0.2, -0.15) is 0 Å². The number of aryl methyl sites for hydroxylation is 3. The van der Waals surface area contributed by atoms with Crippen LogP contribution >= 0.6 is 0 Å². The van der Waals surface area contributed by atoms with Crippen LogP contribution in [0.5, 0.6) is 0 Å². The molecule has 1 fully saturated rings. The number of benzene rings is 1. The summed E-state index contributed by atoms with van der Waals surface area (Å²) in [5.74, 6) is -0.865. The summed E-state index contributed by atoms with van der Waals surface area (Å²) in [6.45, 7) is 6.55. The molecule has 1 saturated heterocycles. The average Bonchev–Trinajstić information content (AvgIpc) is 2.74. The Hall–Kier alpha value is -1.84. The maximum Gasteiger partial charge on any atom is 0.305 e. The first-order valence-corrected chi connectivity index (χ1v) is 7.00. The Labute approximate surface area is 119 Å². The Morgan fingerprint density at radius 1 is 1.25 bits per heavy atom. The predicted molar refractivity (Wildman–Crippen MR) is 77.0 cm³/mol. The minimum atomic E-state index is -0.841. The average molecular weight is 275 g/mol. The molecule has 1 amide bonds. The summed E-state index contributed by atoms with van der Waals surface area (Å²) in [5, 5.41) is 8.95. The number of rotatable bonds is 3. The number of carboxylic acids is 1. The molecule has 0 bridgehead atoms. The van der Waals surface area contributed by atoms with Crippen LogP contribution in [0.2, 0.25) is 0 Å². The number of carboxylic acid groups (broad SMARTS) is 1. The van der Waals surface area contributed by atoms with Crippen LogP contribution in [0.15, 0.2) is 12.1 Å². The van der Waals surface area contributed by atoms with E-state index in [0.717, 1.165) is 35.1 Å². The number of carbonyl (C=O) groups excluding carboxylic acids is 1. The second kappa shape index (κ2) is 5.65. The van der Waals surface area contributed by atoms with E-state index in [9.17, 15) is 9.59 Å². The monoisotopic (exact) mass is 275 g/mol. The molecule has 4 heteroatoms. The van der Waals surface area contributed by atoms with Crippen LogP contribution in [0.1, 0.15) is 46.3 Å². The van der Waals surface area contributed by atoms with E-state index in [2.05, 4.69) is 0 Å². The molecule has 0 aromatic heterocycles. The number of likely N-dealkylation sites (tertiary alicyclic amines) is 1. The zero-order valence-corrected chi connectivity index (χ0v) is 12.3. The summed E-state index contributed by atoms with van der Waals surface area (Å²) >= 11 is 0. The third-order valence-electron chi connectivity index (χ3n) is 3.94. The third-order valence-corrected chi connectivity index (χ3v) is 3.94. The fourth-order valence-electron chi connectivity index (χ4n) is 3.18. The van der Waals surface area contributed by atoms with E-state index in [1.165, 1.54) is 0 Å². The van der Waals surface area contributed by atoms with Crippen LogP contribution in [0, 0.1) is 20.8 Å². The topological polar surface area (TPSA) is 57.6 Å². The Balaban J connectivity index is 2.29. The molecule has 1 heterocycles.